The largest absolute Gasteiger partial charge is 0.497 e. The highest BCUT2D eigenvalue weighted by Crippen LogP contribution is 2.30. The second kappa shape index (κ2) is 11.1. The SMILES string of the molecule is CCCOc1ccc(NC(=O)CC2C(=O)N(c3ccc(OC)cc3)C(=O)N2Cc2cccs2)cc1. The van der Waals surface area contributed by atoms with Crippen LogP contribution in [0, 0.1) is 0 Å². The lowest BCUT2D eigenvalue weighted by Crippen LogP contribution is -2.37. The van der Waals surface area contributed by atoms with Gasteiger partial charge in [0.1, 0.15) is 17.5 Å². The second-order valence-corrected chi connectivity index (χ2v) is 9.03. The molecule has 9 heteroatoms. The van der Waals surface area contributed by atoms with Crippen molar-refractivity contribution in [2.24, 2.45) is 0 Å². The third-order valence-corrected chi connectivity index (χ3v) is 6.41. The summed E-state index contributed by atoms with van der Waals surface area (Å²) in [6.45, 7) is 2.89. The highest BCUT2D eigenvalue weighted by atomic mass is 32.1. The zero-order valence-corrected chi connectivity index (χ0v) is 20.4. The second-order valence-electron chi connectivity index (χ2n) is 8.00. The van der Waals surface area contributed by atoms with Crippen LogP contribution in [0.25, 0.3) is 0 Å². The molecule has 3 aromatic rings. The van der Waals surface area contributed by atoms with E-state index in [1.165, 1.54) is 16.2 Å². The van der Waals surface area contributed by atoms with Crippen LogP contribution in [-0.4, -0.2) is 42.5 Å². The van der Waals surface area contributed by atoms with E-state index in [2.05, 4.69) is 5.32 Å². The maximum atomic E-state index is 13.4. The van der Waals surface area contributed by atoms with Gasteiger partial charge in [-0.1, -0.05) is 13.0 Å². The molecule has 1 fully saturated rings. The zero-order valence-electron chi connectivity index (χ0n) is 19.6. The third kappa shape index (κ3) is 5.63. The van der Waals surface area contributed by atoms with E-state index in [1.54, 1.807) is 55.6 Å². The molecule has 8 nitrogen and oxygen atoms in total. The zero-order chi connectivity index (χ0) is 24.8. The molecule has 0 aliphatic carbocycles. The number of hydrogen-bond donors (Lipinski definition) is 1. The average Bonchev–Trinajstić information content (AvgIpc) is 3.46. The molecule has 0 spiro atoms. The van der Waals surface area contributed by atoms with Gasteiger partial charge < -0.3 is 19.7 Å². The average molecular weight is 494 g/mol. The first kappa shape index (κ1) is 24.3. The van der Waals surface area contributed by atoms with Crippen LogP contribution < -0.4 is 19.7 Å². The molecule has 1 aliphatic heterocycles. The van der Waals surface area contributed by atoms with Crippen molar-refractivity contribution in [1.29, 1.82) is 0 Å². The fraction of sp³-hybridized carbons (Fsp3) is 0.269. The Morgan fingerprint density at radius 2 is 1.74 bits per heavy atom. The topological polar surface area (TPSA) is 88.2 Å². The first-order valence-electron chi connectivity index (χ1n) is 11.3. The summed E-state index contributed by atoms with van der Waals surface area (Å²) in [5, 5.41) is 4.73. The molecule has 1 saturated heterocycles. The van der Waals surface area contributed by atoms with Gasteiger partial charge in [0.15, 0.2) is 0 Å². The molecule has 0 bridgehead atoms. The van der Waals surface area contributed by atoms with Gasteiger partial charge >= 0.3 is 6.03 Å². The van der Waals surface area contributed by atoms with Crippen molar-refractivity contribution in [3.05, 3.63) is 70.9 Å². The van der Waals surface area contributed by atoms with Crippen molar-refractivity contribution >= 4 is 40.6 Å². The van der Waals surface area contributed by atoms with Crippen molar-refractivity contribution in [1.82, 2.24) is 4.90 Å². The molecule has 0 radical (unpaired) electrons. The van der Waals surface area contributed by atoms with Gasteiger partial charge in [-0.15, -0.1) is 11.3 Å². The maximum absolute atomic E-state index is 13.4. The minimum Gasteiger partial charge on any atom is -0.497 e. The standard InChI is InChI=1S/C26H27N3O5S/c1-3-14-34-21-10-6-18(7-11-21)27-24(30)16-23-25(31)29(19-8-12-20(33-2)13-9-19)26(32)28(23)17-22-5-4-15-35-22/h4-13,15,23H,3,14,16-17H2,1-2H3,(H,27,30). The Morgan fingerprint density at radius 1 is 1.03 bits per heavy atom. The summed E-state index contributed by atoms with van der Waals surface area (Å²) in [5.74, 6) is 0.547. The van der Waals surface area contributed by atoms with Gasteiger partial charge in [0.2, 0.25) is 5.91 Å². The Morgan fingerprint density at radius 3 is 2.37 bits per heavy atom. The molecule has 2 heterocycles. The van der Waals surface area contributed by atoms with Gasteiger partial charge in [0, 0.05) is 10.6 Å². The molecule has 35 heavy (non-hydrogen) atoms. The summed E-state index contributed by atoms with van der Waals surface area (Å²) in [6.07, 6.45) is 0.749. The molecular weight excluding hydrogens is 466 g/mol. The van der Waals surface area contributed by atoms with Crippen LogP contribution in [-0.2, 0) is 16.1 Å². The number of anilines is 2. The lowest BCUT2D eigenvalue weighted by molar-refractivity contribution is -0.124. The molecular formula is C26H27N3O5S. The molecule has 4 rings (SSSR count). The number of carbonyl (C=O) groups excluding carboxylic acids is 3. The molecule has 0 saturated carbocycles. The van der Waals surface area contributed by atoms with Crippen LogP contribution in [0.4, 0.5) is 16.2 Å². The van der Waals surface area contributed by atoms with Gasteiger partial charge in [-0.05, 0) is 66.4 Å². The molecule has 2 aromatic carbocycles. The van der Waals surface area contributed by atoms with Crippen molar-refractivity contribution in [2.75, 3.05) is 23.9 Å². The monoisotopic (exact) mass is 493 g/mol. The molecule has 1 aromatic heterocycles. The number of hydrogen-bond acceptors (Lipinski definition) is 6. The molecule has 182 valence electrons. The van der Waals surface area contributed by atoms with Crippen molar-refractivity contribution in [2.45, 2.75) is 32.4 Å². The summed E-state index contributed by atoms with van der Waals surface area (Å²) < 4.78 is 10.7. The van der Waals surface area contributed by atoms with E-state index in [0.717, 1.165) is 21.9 Å². The molecule has 1 aliphatic rings. The highest BCUT2D eigenvalue weighted by molar-refractivity contribution is 7.09. The normalized spacial score (nSPS) is 15.4. The minimum absolute atomic E-state index is 0.156. The molecule has 1 N–H and O–H groups in total. The van der Waals surface area contributed by atoms with Gasteiger partial charge in [0.25, 0.3) is 5.91 Å². The van der Waals surface area contributed by atoms with Crippen LogP contribution >= 0.6 is 11.3 Å². The van der Waals surface area contributed by atoms with Crippen molar-refractivity contribution in [3.63, 3.8) is 0 Å². The molecule has 1 unspecified atom stereocenters. The summed E-state index contributed by atoms with van der Waals surface area (Å²) in [7, 11) is 1.55. The van der Waals surface area contributed by atoms with Gasteiger partial charge in [0.05, 0.1) is 32.4 Å². The van der Waals surface area contributed by atoms with E-state index < -0.39 is 18.0 Å². The lowest BCUT2D eigenvalue weighted by Gasteiger charge is -2.21. The Labute approximate surface area is 208 Å². The van der Waals surface area contributed by atoms with E-state index in [1.807, 2.05) is 24.4 Å². The van der Waals surface area contributed by atoms with Crippen molar-refractivity contribution < 1.29 is 23.9 Å². The highest BCUT2D eigenvalue weighted by Gasteiger charge is 2.46. The maximum Gasteiger partial charge on any atom is 0.332 e. The molecule has 1 atom stereocenters. The number of benzene rings is 2. The fourth-order valence-corrected chi connectivity index (χ4v) is 4.50. The van der Waals surface area contributed by atoms with E-state index in [0.29, 0.717) is 23.7 Å². The predicted octanol–water partition coefficient (Wildman–Crippen LogP) is 4.91. The summed E-state index contributed by atoms with van der Waals surface area (Å²) in [4.78, 5) is 43.1. The Balaban J connectivity index is 1.51. The number of imide groups is 1. The number of carbonyl (C=O) groups is 3. The molecule has 4 amide bonds. The van der Waals surface area contributed by atoms with Crippen LogP contribution in [0.5, 0.6) is 11.5 Å². The number of nitrogens with zero attached hydrogens (tertiary/aromatic N) is 2. The Kier molecular flexibility index (Phi) is 7.67. The van der Waals surface area contributed by atoms with Gasteiger partial charge in [-0.3, -0.25) is 9.59 Å². The smallest absolute Gasteiger partial charge is 0.332 e. The quantitative estimate of drug-likeness (QED) is 0.406. The van der Waals surface area contributed by atoms with E-state index in [4.69, 9.17) is 9.47 Å². The van der Waals surface area contributed by atoms with Crippen LogP contribution in [0.1, 0.15) is 24.6 Å². The number of methoxy groups -OCH3 is 1. The number of amides is 4. The number of thiophene rings is 1. The van der Waals surface area contributed by atoms with Crippen LogP contribution in [0.15, 0.2) is 66.0 Å². The van der Waals surface area contributed by atoms with Crippen LogP contribution in [0.2, 0.25) is 0 Å². The number of nitrogens with one attached hydrogen (secondary N) is 1. The first-order chi connectivity index (χ1) is 17.0. The summed E-state index contributed by atoms with van der Waals surface area (Å²) >= 11 is 1.49. The van der Waals surface area contributed by atoms with Gasteiger partial charge in [-0.25, -0.2) is 9.69 Å². The lowest BCUT2D eigenvalue weighted by atomic mass is 10.1. The first-order valence-corrected chi connectivity index (χ1v) is 12.2. The van der Waals surface area contributed by atoms with E-state index in [-0.39, 0.29) is 18.9 Å². The Bertz CT molecular complexity index is 1160. The van der Waals surface area contributed by atoms with Crippen molar-refractivity contribution in [3.8, 4) is 11.5 Å². The minimum atomic E-state index is -0.918. The number of urea groups is 1. The van der Waals surface area contributed by atoms with E-state index in [9.17, 15) is 14.4 Å². The van der Waals surface area contributed by atoms with E-state index >= 15 is 0 Å². The predicted molar refractivity (Wildman–Crippen MR) is 135 cm³/mol. The van der Waals surface area contributed by atoms with Gasteiger partial charge in [-0.2, -0.15) is 0 Å². The fourth-order valence-electron chi connectivity index (χ4n) is 3.80. The summed E-state index contributed by atoms with van der Waals surface area (Å²) in [5.41, 5.74) is 1.02. The number of ether oxygens (including phenoxy) is 2. The third-order valence-electron chi connectivity index (χ3n) is 5.55. The summed E-state index contributed by atoms with van der Waals surface area (Å²) in [6, 6.07) is 16.2. The van der Waals surface area contributed by atoms with Crippen LogP contribution in [0.3, 0.4) is 0 Å². The number of rotatable bonds is 10. The Hall–Kier alpha value is -3.85.